The van der Waals surface area contributed by atoms with E-state index in [-0.39, 0.29) is 0 Å². The Labute approximate surface area is 119 Å². The molecule has 0 bridgehead atoms. The largest absolute Gasteiger partial charge is 0.508 e. The van der Waals surface area contributed by atoms with E-state index in [1.165, 1.54) is 11.1 Å². The van der Waals surface area contributed by atoms with Gasteiger partial charge in [0.1, 0.15) is 5.75 Å². The van der Waals surface area contributed by atoms with Gasteiger partial charge >= 0.3 is 0 Å². The average Bonchev–Trinajstić information content (AvgIpc) is 2.51. The zero-order chi connectivity index (χ0) is 13.8. The van der Waals surface area contributed by atoms with E-state index in [1.54, 1.807) is 6.07 Å². The summed E-state index contributed by atoms with van der Waals surface area (Å²) in [7, 11) is 0. The van der Waals surface area contributed by atoms with Gasteiger partial charge in [-0.05, 0) is 34.4 Å². The molecular formula is C19H16O. The normalized spacial score (nSPS) is 10.4. The summed E-state index contributed by atoms with van der Waals surface area (Å²) < 4.78 is 0. The quantitative estimate of drug-likeness (QED) is 0.726. The lowest BCUT2D eigenvalue weighted by molar-refractivity contribution is 0.469. The van der Waals surface area contributed by atoms with Gasteiger partial charge in [0.05, 0.1) is 0 Å². The van der Waals surface area contributed by atoms with Gasteiger partial charge in [-0.1, -0.05) is 66.7 Å². The number of benzene rings is 3. The Balaban J connectivity index is 1.95. The molecule has 3 aromatic rings. The lowest BCUT2D eigenvalue weighted by Gasteiger charge is -2.08. The van der Waals surface area contributed by atoms with E-state index in [0.717, 1.165) is 17.5 Å². The van der Waals surface area contributed by atoms with Crippen LogP contribution in [0, 0.1) is 0 Å². The summed E-state index contributed by atoms with van der Waals surface area (Å²) in [6, 6.07) is 26.2. The number of phenols is 1. The third-order valence-corrected chi connectivity index (χ3v) is 3.42. The lowest BCUT2D eigenvalue weighted by Crippen LogP contribution is -1.90. The third-order valence-electron chi connectivity index (χ3n) is 3.42. The van der Waals surface area contributed by atoms with Gasteiger partial charge in [-0.3, -0.25) is 0 Å². The Morgan fingerprint density at radius 2 is 1.30 bits per heavy atom. The van der Waals surface area contributed by atoms with Crippen LogP contribution < -0.4 is 0 Å². The molecule has 98 valence electrons. The second-order valence-corrected chi connectivity index (χ2v) is 4.87. The zero-order valence-electron chi connectivity index (χ0n) is 11.2. The maximum absolute atomic E-state index is 10.0. The van der Waals surface area contributed by atoms with Crippen LogP contribution in [-0.2, 0) is 6.42 Å². The minimum absolute atomic E-state index is 0.355. The van der Waals surface area contributed by atoms with Gasteiger partial charge in [0.2, 0.25) is 0 Å². The van der Waals surface area contributed by atoms with Crippen molar-refractivity contribution in [3.8, 4) is 16.9 Å². The molecule has 0 saturated carbocycles. The maximum atomic E-state index is 10.0. The third kappa shape index (κ3) is 2.72. The Morgan fingerprint density at radius 3 is 2.00 bits per heavy atom. The SMILES string of the molecule is Oc1ccc(-c2ccccc2)cc1Cc1ccccc1. The van der Waals surface area contributed by atoms with E-state index in [9.17, 15) is 5.11 Å². The Kier molecular flexibility index (Phi) is 3.51. The Morgan fingerprint density at radius 1 is 0.650 bits per heavy atom. The van der Waals surface area contributed by atoms with Crippen LogP contribution in [0.4, 0.5) is 0 Å². The molecule has 20 heavy (non-hydrogen) atoms. The van der Waals surface area contributed by atoms with Gasteiger partial charge in [-0.15, -0.1) is 0 Å². The molecule has 3 aromatic carbocycles. The molecule has 0 aromatic heterocycles. The summed E-state index contributed by atoms with van der Waals surface area (Å²) in [5.74, 6) is 0.355. The van der Waals surface area contributed by atoms with Crippen molar-refractivity contribution in [1.82, 2.24) is 0 Å². The molecule has 0 aliphatic heterocycles. The minimum Gasteiger partial charge on any atom is -0.508 e. The molecule has 0 atom stereocenters. The zero-order valence-corrected chi connectivity index (χ0v) is 11.2. The summed E-state index contributed by atoms with van der Waals surface area (Å²) in [6.07, 6.45) is 0.743. The molecule has 0 unspecified atom stereocenters. The van der Waals surface area contributed by atoms with Crippen LogP contribution >= 0.6 is 0 Å². The van der Waals surface area contributed by atoms with Gasteiger partial charge in [-0.25, -0.2) is 0 Å². The van der Waals surface area contributed by atoms with Crippen molar-refractivity contribution >= 4 is 0 Å². The monoisotopic (exact) mass is 260 g/mol. The fourth-order valence-electron chi connectivity index (χ4n) is 2.35. The van der Waals surface area contributed by atoms with E-state index >= 15 is 0 Å². The minimum atomic E-state index is 0.355. The Hall–Kier alpha value is -2.54. The second-order valence-electron chi connectivity index (χ2n) is 4.87. The molecule has 1 N–H and O–H groups in total. The first kappa shape index (κ1) is 12.5. The highest BCUT2D eigenvalue weighted by Gasteiger charge is 2.05. The van der Waals surface area contributed by atoms with Gasteiger partial charge in [0.15, 0.2) is 0 Å². The molecule has 0 aliphatic carbocycles. The van der Waals surface area contributed by atoms with E-state index in [4.69, 9.17) is 0 Å². The van der Waals surface area contributed by atoms with Crippen LogP contribution in [0.1, 0.15) is 11.1 Å². The van der Waals surface area contributed by atoms with Crippen LogP contribution in [0.25, 0.3) is 11.1 Å². The van der Waals surface area contributed by atoms with Crippen molar-refractivity contribution in [3.05, 3.63) is 90.0 Å². The number of aromatic hydroxyl groups is 1. The molecule has 0 aliphatic rings. The van der Waals surface area contributed by atoms with Gasteiger partial charge in [-0.2, -0.15) is 0 Å². The van der Waals surface area contributed by atoms with Crippen LogP contribution in [0.5, 0.6) is 5.75 Å². The smallest absolute Gasteiger partial charge is 0.119 e. The molecule has 3 rings (SSSR count). The van der Waals surface area contributed by atoms with Gasteiger partial charge < -0.3 is 5.11 Å². The summed E-state index contributed by atoms with van der Waals surface area (Å²) in [5, 5.41) is 10.0. The highest BCUT2D eigenvalue weighted by molar-refractivity contribution is 5.65. The molecule has 0 amide bonds. The van der Waals surface area contributed by atoms with Crippen molar-refractivity contribution in [3.63, 3.8) is 0 Å². The molecule has 0 radical (unpaired) electrons. The van der Waals surface area contributed by atoms with E-state index in [2.05, 4.69) is 30.3 Å². The van der Waals surface area contributed by atoms with Crippen molar-refractivity contribution in [2.75, 3.05) is 0 Å². The number of hydrogen-bond donors (Lipinski definition) is 1. The fourth-order valence-corrected chi connectivity index (χ4v) is 2.35. The summed E-state index contributed by atoms with van der Waals surface area (Å²) in [6.45, 7) is 0. The molecule has 0 saturated heterocycles. The summed E-state index contributed by atoms with van der Waals surface area (Å²) in [5.41, 5.74) is 4.46. The first-order chi connectivity index (χ1) is 9.83. The predicted molar refractivity (Wildman–Crippen MR) is 82.8 cm³/mol. The molecule has 1 nitrogen and oxygen atoms in total. The molecular weight excluding hydrogens is 244 g/mol. The number of phenolic OH excluding ortho intramolecular Hbond substituents is 1. The van der Waals surface area contributed by atoms with E-state index in [1.807, 2.05) is 42.5 Å². The van der Waals surface area contributed by atoms with Crippen LogP contribution in [-0.4, -0.2) is 5.11 Å². The van der Waals surface area contributed by atoms with E-state index in [0.29, 0.717) is 5.75 Å². The molecule has 0 spiro atoms. The second kappa shape index (κ2) is 5.62. The van der Waals surface area contributed by atoms with Crippen molar-refractivity contribution < 1.29 is 5.11 Å². The summed E-state index contributed by atoms with van der Waals surface area (Å²) >= 11 is 0. The first-order valence-electron chi connectivity index (χ1n) is 6.74. The predicted octanol–water partition coefficient (Wildman–Crippen LogP) is 4.65. The maximum Gasteiger partial charge on any atom is 0.119 e. The number of rotatable bonds is 3. The summed E-state index contributed by atoms with van der Waals surface area (Å²) in [4.78, 5) is 0. The van der Waals surface area contributed by atoms with Gasteiger partial charge in [0.25, 0.3) is 0 Å². The van der Waals surface area contributed by atoms with Crippen molar-refractivity contribution in [2.45, 2.75) is 6.42 Å². The van der Waals surface area contributed by atoms with E-state index < -0.39 is 0 Å². The molecule has 0 heterocycles. The first-order valence-corrected chi connectivity index (χ1v) is 6.74. The lowest BCUT2D eigenvalue weighted by atomic mass is 9.98. The highest BCUT2D eigenvalue weighted by Crippen LogP contribution is 2.27. The van der Waals surface area contributed by atoms with Crippen LogP contribution in [0.3, 0.4) is 0 Å². The Bertz CT molecular complexity index is 687. The van der Waals surface area contributed by atoms with Crippen LogP contribution in [0.2, 0.25) is 0 Å². The average molecular weight is 260 g/mol. The standard InChI is InChI=1S/C19H16O/c20-19-12-11-17(16-9-5-2-6-10-16)14-18(19)13-15-7-3-1-4-8-15/h1-12,14,20H,13H2. The highest BCUT2D eigenvalue weighted by atomic mass is 16.3. The molecule has 1 heteroatoms. The topological polar surface area (TPSA) is 20.2 Å². The fraction of sp³-hybridized carbons (Fsp3) is 0.0526. The van der Waals surface area contributed by atoms with Crippen molar-refractivity contribution in [2.24, 2.45) is 0 Å². The van der Waals surface area contributed by atoms with Crippen LogP contribution in [0.15, 0.2) is 78.9 Å². The van der Waals surface area contributed by atoms with Gasteiger partial charge in [0, 0.05) is 6.42 Å². The number of hydrogen-bond acceptors (Lipinski definition) is 1. The molecule has 0 fully saturated rings. The van der Waals surface area contributed by atoms with Crippen molar-refractivity contribution in [1.29, 1.82) is 0 Å².